The molecule has 1 aliphatic rings. The number of methoxy groups -OCH3 is 2. The van der Waals surface area contributed by atoms with E-state index in [0.717, 1.165) is 28.3 Å². The molecule has 3 aromatic rings. The molecule has 4 rings (SSSR count). The highest BCUT2D eigenvalue weighted by Gasteiger charge is 2.23. The van der Waals surface area contributed by atoms with Crippen LogP contribution in [0, 0.1) is 0 Å². The topological polar surface area (TPSA) is 74.5 Å². The number of aromatic nitrogens is 4. The van der Waals surface area contributed by atoms with Crippen LogP contribution in [0.25, 0.3) is 17.1 Å². The summed E-state index contributed by atoms with van der Waals surface area (Å²) in [6.07, 6.45) is 11.9. The van der Waals surface area contributed by atoms with Crippen LogP contribution < -0.4 is 9.64 Å². The fraction of sp³-hybridized carbons (Fsp3) is 0.292. The minimum Gasteiger partial charge on any atom is -0.481 e. The molecule has 0 aromatic carbocycles. The van der Waals surface area contributed by atoms with E-state index in [2.05, 4.69) is 39.3 Å². The number of rotatable bonds is 10. The smallest absolute Gasteiger partial charge is 0.213 e. The number of pyridine rings is 2. The number of anilines is 1. The Morgan fingerprint density at radius 3 is 2.78 bits per heavy atom. The molecular weight excluding hydrogens is 406 g/mol. The molecule has 1 aliphatic heterocycles. The standard InChI is InChI=1S/C24H27N5O3/c1-30-15-16-32-14-13-28-18-22(24(27-28)20-7-3-5-10-25-20)29-12-6-4-8-21(29)19-9-11-26-23(17-19)31-2/h3-11,17-18H,12-16H2,1-2H3. The van der Waals surface area contributed by atoms with E-state index in [1.165, 1.54) is 0 Å². The lowest BCUT2D eigenvalue weighted by molar-refractivity contribution is 0.0654. The maximum absolute atomic E-state index is 5.64. The Hall–Kier alpha value is -3.49. The maximum Gasteiger partial charge on any atom is 0.213 e. The molecular formula is C24H27N5O3. The predicted octanol–water partition coefficient (Wildman–Crippen LogP) is 3.43. The van der Waals surface area contributed by atoms with Gasteiger partial charge < -0.3 is 19.1 Å². The van der Waals surface area contributed by atoms with Crippen LogP contribution in [-0.4, -0.2) is 60.3 Å². The molecule has 0 radical (unpaired) electrons. The van der Waals surface area contributed by atoms with Crippen molar-refractivity contribution in [3.63, 3.8) is 0 Å². The van der Waals surface area contributed by atoms with Crippen molar-refractivity contribution in [2.45, 2.75) is 6.54 Å². The number of hydrogen-bond donors (Lipinski definition) is 0. The molecule has 166 valence electrons. The lowest BCUT2D eigenvalue weighted by Gasteiger charge is -2.28. The van der Waals surface area contributed by atoms with E-state index in [-0.39, 0.29) is 0 Å². The van der Waals surface area contributed by atoms with Gasteiger partial charge in [0.25, 0.3) is 0 Å². The van der Waals surface area contributed by atoms with Crippen LogP contribution in [0.1, 0.15) is 5.56 Å². The molecule has 0 aliphatic carbocycles. The second-order valence-electron chi connectivity index (χ2n) is 7.12. The Balaban J connectivity index is 1.67. The molecule has 0 unspecified atom stereocenters. The highest BCUT2D eigenvalue weighted by atomic mass is 16.5. The van der Waals surface area contributed by atoms with Gasteiger partial charge in [0.2, 0.25) is 5.88 Å². The molecule has 0 bridgehead atoms. The minimum absolute atomic E-state index is 0.552. The summed E-state index contributed by atoms with van der Waals surface area (Å²) in [5.74, 6) is 0.576. The molecule has 0 saturated carbocycles. The van der Waals surface area contributed by atoms with E-state index in [1.807, 2.05) is 35.0 Å². The van der Waals surface area contributed by atoms with Gasteiger partial charge in [-0.05, 0) is 24.3 Å². The maximum atomic E-state index is 5.64. The van der Waals surface area contributed by atoms with Crippen LogP contribution >= 0.6 is 0 Å². The molecule has 8 nitrogen and oxygen atoms in total. The monoisotopic (exact) mass is 433 g/mol. The summed E-state index contributed by atoms with van der Waals surface area (Å²) in [5, 5.41) is 4.85. The third-order valence-corrected chi connectivity index (χ3v) is 5.05. The Labute approximate surface area is 187 Å². The summed E-state index contributed by atoms with van der Waals surface area (Å²) in [6.45, 7) is 3.04. The Kier molecular flexibility index (Phi) is 7.27. The molecule has 0 atom stereocenters. The SMILES string of the molecule is COCCOCCn1cc(N2CC=CC=C2c2ccnc(OC)c2)c(-c2ccccn2)n1. The van der Waals surface area contributed by atoms with Crippen LogP contribution in [0.3, 0.4) is 0 Å². The van der Waals surface area contributed by atoms with Crippen LogP contribution in [0.2, 0.25) is 0 Å². The quantitative estimate of drug-likeness (QED) is 0.454. The number of ether oxygens (including phenoxy) is 3. The van der Waals surface area contributed by atoms with Crippen LogP contribution in [0.15, 0.2) is 67.2 Å². The van der Waals surface area contributed by atoms with Gasteiger partial charge in [-0.15, -0.1) is 0 Å². The minimum atomic E-state index is 0.552. The molecule has 0 fully saturated rings. The number of hydrogen-bond acceptors (Lipinski definition) is 7. The van der Waals surface area contributed by atoms with Gasteiger partial charge in [-0.3, -0.25) is 9.67 Å². The summed E-state index contributed by atoms with van der Waals surface area (Å²) >= 11 is 0. The Morgan fingerprint density at radius 1 is 1.03 bits per heavy atom. The largest absolute Gasteiger partial charge is 0.481 e. The molecule has 4 heterocycles. The van der Waals surface area contributed by atoms with Crippen molar-refractivity contribution in [3.8, 4) is 17.3 Å². The van der Waals surface area contributed by atoms with Gasteiger partial charge in [-0.1, -0.05) is 18.2 Å². The third kappa shape index (κ3) is 5.04. The van der Waals surface area contributed by atoms with Gasteiger partial charge in [-0.2, -0.15) is 5.10 Å². The Bertz CT molecular complexity index is 1080. The normalized spacial score (nSPS) is 13.3. The summed E-state index contributed by atoms with van der Waals surface area (Å²) < 4.78 is 17.9. The van der Waals surface area contributed by atoms with Gasteiger partial charge >= 0.3 is 0 Å². The van der Waals surface area contributed by atoms with Crippen molar-refractivity contribution >= 4 is 11.4 Å². The van der Waals surface area contributed by atoms with Gasteiger partial charge in [0, 0.05) is 49.6 Å². The van der Waals surface area contributed by atoms with E-state index < -0.39 is 0 Å². The first-order valence-electron chi connectivity index (χ1n) is 10.5. The lowest BCUT2D eigenvalue weighted by atomic mass is 10.1. The van der Waals surface area contributed by atoms with Crippen molar-refractivity contribution in [1.82, 2.24) is 19.7 Å². The first-order valence-corrected chi connectivity index (χ1v) is 10.5. The van der Waals surface area contributed by atoms with Crippen LogP contribution in [0.4, 0.5) is 5.69 Å². The predicted molar refractivity (Wildman–Crippen MR) is 123 cm³/mol. The molecule has 0 saturated heterocycles. The van der Waals surface area contributed by atoms with Crippen LogP contribution in [0.5, 0.6) is 5.88 Å². The second-order valence-corrected chi connectivity index (χ2v) is 7.12. The molecule has 3 aromatic heterocycles. The highest BCUT2D eigenvalue weighted by molar-refractivity contribution is 5.87. The zero-order chi connectivity index (χ0) is 22.2. The van der Waals surface area contributed by atoms with E-state index in [1.54, 1.807) is 26.6 Å². The molecule has 0 amide bonds. The van der Waals surface area contributed by atoms with E-state index >= 15 is 0 Å². The molecule has 0 spiro atoms. The second kappa shape index (κ2) is 10.7. The zero-order valence-corrected chi connectivity index (χ0v) is 18.3. The summed E-state index contributed by atoms with van der Waals surface area (Å²) in [7, 11) is 3.29. The summed E-state index contributed by atoms with van der Waals surface area (Å²) in [5.41, 5.74) is 4.68. The van der Waals surface area contributed by atoms with Gasteiger partial charge in [0.1, 0.15) is 5.69 Å². The third-order valence-electron chi connectivity index (χ3n) is 5.05. The molecule has 0 N–H and O–H groups in total. The lowest BCUT2D eigenvalue weighted by Crippen LogP contribution is -2.23. The van der Waals surface area contributed by atoms with E-state index in [4.69, 9.17) is 19.3 Å². The molecule has 32 heavy (non-hydrogen) atoms. The first-order chi connectivity index (χ1) is 15.8. The number of allylic oxidation sites excluding steroid dienone is 2. The van der Waals surface area contributed by atoms with Crippen molar-refractivity contribution < 1.29 is 14.2 Å². The molecule has 8 heteroatoms. The van der Waals surface area contributed by atoms with Crippen LogP contribution in [-0.2, 0) is 16.0 Å². The zero-order valence-electron chi connectivity index (χ0n) is 18.3. The average molecular weight is 434 g/mol. The fourth-order valence-electron chi connectivity index (χ4n) is 3.48. The summed E-state index contributed by atoms with van der Waals surface area (Å²) in [6, 6.07) is 9.77. The summed E-state index contributed by atoms with van der Waals surface area (Å²) in [4.78, 5) is 11.0. The number of nitrogens with zero attached hydrogens (tertiary/aromatic N) is 5. The van der Waals surface area contributed by atoms with Gasteiger partial charge in [0.15, 0.2) is 0 Å². The van der Waals surface area contributed by atoms with E-state index in [0.29, 0.717) is 38.8 Å². The average Bonchev–Trinajstić information content (AvgIpc) is 3.28. The first kappa shape index (κ1) is 21.7. The van der Waals surface area contributed by atoms with Crippen molar-refractivity contribution in [2.75, 3.05) is 45.5 Å². The Morgan fingerprint density at radius 2 is 1.97 bits per heavy atom. The van der Waals surface area contributed by atoms with Gasteiger partial charge in [0.05, 0.1) is 44.9 Å². The van der Waals surface area contributed by atoms with E-state index in [9.17, 15) is 0 Å². The van der Waals surface area contributed by atoms with Crippen molar-refractivity contribution in [1.29, 1.82) is 0 Å². The highest BCUT2D eigenvalue weighted by Crippen LogP contribution is 2.35. The van der Waals surface area contributed by atoms with Crippen molar-refractivity contribution in [2.24, 2.45) is 0 Å². The fourth-order valence-corrected chi connectivity index (χ4v) is 3.48. The van der Waals surface area contributed by atoms with Gasteiger partial charge in [-0.25, -0.2) is 4.98 Å². The van der Waals surface area contributed by atoms with Crippen molar-refractivity contribution in [3.05, 3.63) is 72.7 Å².